The van der Waals surface area contributed by atoms with Gasteiger partial charge in [-0.15, -0.1) is 0 Å². The summed E-state index contributed by atoms with van der Waals surface area (Å²) in [5.74, 6) is 0.579. The molecular weight excluding hydrogens is 357 g/mol. The lowest BCUT2D eigenvalue weighted by Gasteiger charge is -2.10. The van der Waals surface area contributed by atoms with E-state index in [2.05, 4.69) is 24.1 Å². The molecule has 0 aliphatic carbocycles. The zero-order valence-corrected chi connectivity index (χ0v) is 15.3. The zero-order chi connectivity index (χ0) is 19.9. The summed E-state index contributed by atoms with van der Waals surface area (Å²) in [7, 11) is 0. The predicted octanol–water partition coefficient (Wildman–Crippen LogP) is 4.50. The van der Waals surface area contributed by atoms with Crippen LogP contribution in [0.1, 0.15) is 41.9 Å². The average molecular weight is 380 g/mol. The summed E-state index contributed by atoms with van der Waals surface area (Å²) >= 11 is 0. The molecule has 0 aliphatic rings. The number of carbonyl (C=O) groups excluding carboxylic acids is 1. The van der Waals surface area contributed by atoms with E-state index in [4.69, 9.17) is 4.74 Å². The van der Waals surface area contributed by atoms with Crippen molar-refractivity contribution in [2.75, 3.05) is 13.2 Å². The van der Waals surface area contributed by atoms with Crippen LogP contribution in [-0.2, 0) is 12.6 Å². The third-order valence-electron chi connectivity index (χ3n) is 4.21. The van der Waals surface area contributed by atoms with Crippen LogP contribution in [0, 0.1) is 5.92 Å². The molecule has 0 bridgehead atoms. The van der Waals surface area contributed by atoms with Crippen LogP contribution in [-0.4, -0.2) is 24.0 Å². The molecule has 4 nitrogen and oxygen atoms in total. The van der Waals surface area contributed by atoms with Crippen molar-refractivity contribution in [3.63, 3.8) is 0 Å². The number of halogens is 3. The number of aromatic nitrogens is 1. The predicted molar refractivity (Wildman–Crippen MR) is 96.7 cm³/mol. The molecule has 0 aliphatic heterocycles. The number of pyridine rings is 1. The lowest BCUT2D eigenvalue weighted by Crippen LogP contribution is -2.28. The summed E-state index contributed by atoms with van der Waals surface area (Å²) in [5.41, 5.74) is 0.521. The standard InChI is InChI=1S/C20H23F3N2O2/c1-3-14(2)12-25-19(26)18-9-4-15(13-24-18)10-11-27-17-7-5-16(6-8-17)20(21,22)23/h4-9,13-14H,3,10-12H2,1-2H3,(H,25,26). The van der Waals surface area contributed by atoms with E-state index in [0.717, 1.165) is 24.1 Å². The highest BCUT2D eigenvalue weighted by atomic mass is 19.4. The molecule has 27 heavy (non-hydrogen) atoms. The van der Waals surface area contributed by atoms with E-state index in [1.54, 1.807) is 18.3 Å². The Bertz CT molecular complexity index is 728. The fourth-order valence-electron chi connectivity index (χ4n) is 2.24. The molecule has 2 aromatic rings. The number of alkyl halides is 3. The number of hydrogen-bond donors (Lipinski definition) is 1. The molecule has 0 saturated heterocycles. The molecule has 1 amide bonds. The van der Waals surface area contributed by atoms with Crippen molar-refractivity contribution < 1.29 is 22.7 Å². The highest BCUT2D eigenvalue weighted by Crippen LogP contribution is 2.30. The van der Waals surface area contributed by atoms with Crippen LogP contribution in [0.3, 0.4) is 0 Å². The van der Waals surface area contributed by atoms with E-state index >= 15 is 0 Å². The maximum atomic E-state index is 12.5. The molecule has 0 radical (unpaired) electrons. The van der Waals surface area contributed by atoms with Gasteiger partial charge < -0.3 is 10.1 Å². The van der Waals surface area contributed by atoms with Crippen LogP contribution in [0.2, 0.25) is 0 Å². The lowest BCUT2D eigenvalue weighted by atomic mass is 10.1. The van der Waals surface area contributed by atoms with Crippen LogP contribution >= 0.6 is 0 Å². The molecule has 1 aromatic heterocycles. The largest absolute Gasteiger partial charge is 0.493 e. The van der Waals surface area contributed by atoms with Gasteiger partial charge in [-0.25, -0.2) is 0 Å². The molecule has 0 spiro atoms. The van der Waals surface area contributed by atoms with Crippen molar-refractivity contribution in [3.05, 3.63) is 59.4 Å². The van der Waals surface area contributed by atoms with Crippen LogP contribution in [0.4, 0.5) is 13.2 Å². The van der Waals surface area contributed by atoms with Crippen molar-refractivity contribution in [1.29, 1.82) is 0 Å². The average Bonchev–Trinajstić information content (AvgIpc) is 2.66. The fraction of sp³-hybridized carbons (Fsp3) is 0.400. The number of rotatable bonds is 8. The first kappa shape index (κ1) is 20.7. The molecule has 1 unspecified atom stereocenters. The molecule has 146 valence electrons. The fourth-order valence-corrected chi connectivity index (χ4v) is 2.24. The number of nitrogens with zero attached hydrogens (tertiary/aromatic N) is 1. The molecule has 1 atom stereocenters. The Labute approximate surface area is 156 Å². The number of amides is 1. The maximum absolute atomic E-state index is 12.5. The van der Waals surface area contributed by atoms with Crippen molar-refractivity contribution in [1.82, 2.24) is 10.3 Å². The second kappa shape index (κ2) is 9.39. The van der Waals surface area contributed by atoms with Gasteiger partial charge in [0.1, 0.15) is 11.4 Å². The normalized spacial score (nSPS) is 12.5. The summed E-state index contributed by atoms with van der Waals surface area (Å²) in [6.07, 6.45) is -1.23. The Hall–Kier alpha value is -2.57. The summed E-state index contributed by atoms with van der Waals surface area (Å²) in [5, 5.41) is 2.84. The number of carbonyl (C=O) groups is 1. The minimum absolute atomic E-state index is 0.206. The van der Waals surface area contributed by atoms with Gasteiger partial charge in [0, 0.05) is 19.2 Å². The van der Waals surface area contributed by atoms with Gasteiger partial charge in [-0.1, -0.05) is 26.3 Å². The van der Waals surface area contributed by atoms with Crippen molar-refractivity contribution in [3.8, 4) is 5.75 Å². The second-order valence-electron chi connectivity index (χ2n) is 6.40. The minimum Gasteiger partial charge on any atom is -0.493 e. The molecule has 1 aromatic carbocycles. The summed E-state index contributed by atoms with van der Waals surface area (Å²) in [4.78, 5) is 16.1. The van der Waals surface area contributed by atoms with Gasteiger partial charge in [0.2, 0.25) is 0 Å². The third kappa shape index (κ3) is 6.58. The molecule has 0 saturated carbocycles. The van der Waals surface area contributed by atoms with Crippen LogP contribution in [0.15, 0.2) is 42.6 Å². The molecule has 0 fully saturated rings. The van der Waals surface area contributed by atoms with E-state index in [1.807, 2.05) is 0 Å². The van der Waals surface area contributed by atoms with Crippen LogP contribution < -0.4 is 10.1 Å². The highest BCUT2D eigenvalue weighted by molar-refractivity contribution is 5.92. The van der Waals surface area contributed by atoms with Crippen LogP contribution in [0.25, 0.3) is 0 Å². The van der Waals surface area contributed by atoms with Gasteiger partial charge in [-0.3, -0.25) is 9.78 Å². The van der Waals surface area contributed by atoms with Gasteiger partial charge in [0.05, 0.1) is 12.2 Å². The number of ether oxygens (including phenoxy) is 1. The van der Waals surface area contributed by atoms with E-state index in [9.17, 15) is 18.0 Å². The van der Waals surface area contributed by atoms with Gasteiger partial charge in [-0.2, -0.15) is 13.2 Å². The van der Waals surface area contributed by atoms with Gasteiger partial charge in [0.15, 0.2) is 0 Å². The van der Waals surface area contributed by atoms with E-state index < -0.39 is 11.7 Å². The quantitative estimate of drug-likeness (QED) is 0.734. The van der Waals surface area contributed by atoms with Crippen molar-refractivity contribution in [2.24, 2.45) is 5.92 Å². The summed E-state index contributed by atoms with van der Waals surface area (Å²) < 4.78 is 43.0. The third-order valence-corrected chi connectivity index (χ3v) is 4.21. The second-order valence-corrected chi connectivity index (χ2v) is 6.40. The highest BCUT2D eigenvalue weighted by Gasteiger charge is 2.29. The SMILES string of the molecule is CCC(C)CNC(=O)c1ccc(CCOc2ccc(C(F)(F)F)cc2)cn1. The van der Waals surface area contributed by atoms with Crippen molar-refractivity contribution >= 4 is 5.91 Å². The Kier molecular flexibility index (Phi) is 7.21. The first-order chi connectivity index (χ1) is 12.8. The van der Waals surface area contributed by atoms with Crippen molar-refractivity contribution in [2.45, 2.75) is 32.9 Å². The van der Waals surface area contributed by atoms with Gasteiger partial charge in [0.25, 0.3) is 5.91 Å². The molecule has 1 N–H and O–H groups in total. The minimum atomic E-state index is -4.35. The van der Waals surface area contributed by atoms with Crippen LogP contribution in [0.5, 0.6) is 5.75 Å². The molecular formula is C20H23F3N2O2. The first-order valence-corrected chi connectivity index (χ1v) is 8.82. The maximum Gasteiger partial charge on any atom is 0.416 e. The first-order valence-electron chi connectivity index (χ1n) is 8.82. The monoisotopic (exact) mass is 380 g/mol. The van der Waals surface area contributed by atoms with E-state index in [1.165, 1.54) is 12.1 Å². The van der Waals surface area contributed by atoms with E-state index in [0.29, 0.717) is 36.9 Å². The number of benzene rings is 1. The van der Waals surface area contributed by atoms with E-state index in [-0.39, 0.29) is 5.91 Å². The van der Waals surface area contributed by atoms with Gasteiger partial charge in [-0.05, 0) is 41.8 Å². The summed E-state index contributed by atoms with van der Waals surface area (Å²) in [6.45, 7) is 5.04. The smallest absolute Gasteiger partial charge is 0.416 e. The Morgan fingerprint density at radius 3 is 2.44 bits per heavy atom. The zero-order valence-electron chi connectivity index (χ0n) is 15.3. The number of hydrogen-bond acceptors (Lipinski definition) is 3. The topological polar surface area (TPSA) is 51.2 Å². The Morgan fingerprint density at radius 2 is 1.89 bits per heavy atom. The molecule has 1 heterocycles. The number of nitrogens with one attached hydrogen (secondary N) is 1. The lowest BCUT2D eigenvalue weighted by molar-refractivity contribution is -0.137. The molecule has 7 heteroatoms. The Balaban J connectivity index is 1.80. The molecule has 2 rings (SSSR count). The Morgan fingerprint density at radius 1 is 1.19 bits per heavy atom. The van der Waals surface area contributed by atoms with Gasteiger partial charge >= 0.3 is 6.18 Å². The summed E-state index contributed by atoms with van der Waals surface area (Å²) in [6, 6.07) is 8.02.